The molecule has 1 heterocycles. The zero-order chi connectivity index (χ0) is 17.0. The van der Waals surface area contributed by atoms with E-state index in [0.29, 0.717) is 38.3 Å². The summed E-state index contributed by atoms with van der Waals surface area (Å²) in [6, 6.07) is 7.82. The molecule has 23 heavy (non-hydrogen) atoms. The minimum Gasteiger partial charge on any atom is -0.444 e. The van der Waals surface area contributed by atoms with E-state index in [9.17, 15) is 4.79 Å². The van der Waals surface area contributed by atoms with Crippen LogP contribution in [0.15, 0.2) is 18.2 Å². The van der Waals surface area contributed by atoms with Gasteiger partial charge in [0.1, 0.15) is 5.60 Å². The molecule has 0 unspecified atom stereocenters. The van der Waals surface area contributed by atoms with Crippen LogP contribution in [-0.4, -0.2) is 42.8 Å². The molecule has 0 saturated carbocycles. The van der Waals surface area contributed by atoms with Crippen LogP contribution in [0.25, 0.3) is 0 Å². The number of nitrogens with two attached hydrogens (primary N) is 1. The SMILES string of the molecule is CC(C)(C)OC(=O)N1CCN(c2ccc(N)cc2CC#N)CC1. The van der Waals surface area contributed by atoms with Crippen molar-refractivity contribution >= 4 is 17.5 Å². The topological polar surface area (TPSA) is 82.6 Å². The van der Waals surface area contributed by atoms with Crippen molar-refractivity contribution in [1.82, 2.24) is 4.90 Å². The summed E-state index contributed by atoms with van der Waals surface area (Å²) in [7, 11) is 0. The standard InChI is InChI=1S/C17H24N4O2/c1-17(2,3)23-16(22)21-10-8-20(9-11-21)15-5-4-14(19)12-13(15)6-7-18/h4-5,12H,6,8-11,19H2,1-3H3. The van der Waals surface area contributed by atoms with E-state index in [-0.39, 0.29) is 6.09 Å². The van der Waals surface area contributed by atoms with E-state index in [1.807, 2.05) is 39.0 Å². The first-order valence-electron chi connectivity index (χ1n) is 7.78. The van der Waals surface area contributed by atoms with E-state index in [2.05, 4.69) is 11.0 Å². The van der Waals surface area contributed by atoms with E-state index in [0.717, 1.165) is 11.3 Å². The number of hydrogen-bond donors (Lipinski definition) is 1. The number of carbonyl (C=O) groups is 1. The first-order valence-corrected chi connectivity index (χ1v) is 7.78. The minimum atomic E-state index is -0.481. The first kappa shape index (κ1) is 16.9. The molecule has 2 rings (SSSR count). The second kappa shape index (κ2) is 6.78. The Hall–Kier alpha value is -2.42. The van der Waals surface area contributed by atoms with Crippen molar-refractivity contribution in [2.24, 2.45) is 0 Å². The van der Waals surface area contributed by atoms with E-state index in [4.69, 9.17) is 15.7 Å². The molecule has 0 aliphatic carbocycles. The average Bonchev–Trinajstić information content (AvgIpc) is 2.46. The number of carbonyl (C=O) groups excluding carboxylic acids is 1. The smallest absolute Gasteiger partial charge is 0.410 e. The highest BCUT2D eigenvalue weighted by atomic mass is 16.6. The zero-order valence-corrected chi connectivity index (χ0v) is 14.0. The number of nitriles is 1. The Labute approximate surface area is 137 Å². The van der Waals surface area contributed by atoms with Gasteiger partial charge in [0.15, 0.2) is 0 Å². The summed E-state index contributed by atoms with van der Waals surface area (Å²) in [6.45, 7) is 8.22. The van der Waals surface area contributed by atoms with Crippen molar-refractivity contribution in [1.29, 1.82) is 5.26 Å². The number of nitrogens with zero attached hydrogens (tertiary/aromatic N) is 3. The molecule has 6 heteroatoms. The Morgan fingerprint density at radius 2 is 1.96 bits per heavy atom. The summed E-state index contributed by atoms with van der Waals surface area (Å²) in [5.74, 6) is 0. The van der Waals surface area contributed by atoms with Crippen LogP contribution >= 0.6 is 0 Å². The summed E-state index contributed by atoms with van der Waals surface area (Å²) in [4.78, 5) is 16.0. The summed E-state index contributed by atoms with van der Waals surface area (Å²) in [6.07, 6.45) is 0.0545. The van der Waals surface area contributed by atoms with E-state index in [1.165, 1.54) is 0 Å². The summed E-state index contributed by atoms with van der Waals surface area (Å²) >= 11 is 0. The van der Waals surface area contributed by atoms with Gasteiger partial charge in [-0.05, 0) is 44.5 Å². The Balaban J connectivity index is 2.02. The number of piperazine rings is 1. The van der Waals surface area contributed by atoms with Crippen LogP contribution in [0.5, 0.6) is 0 Å². The predicted molar refractivity (Wildman–Crippen MR) is 90.2 cm³/mol. The first-order chi connectivity index (χ1) is 10.8. The highest BCUT2D eigenvalue weighted by molar-refractivity contribution is 5.69. The van der Waals surface area contributed by atoms with Gasteiger partial charge in [0, 0.05) is 37.6 Å². The number of benzene rings is 1. The maximum atomic E-state index is 12.1. The summed E-state index contributed by atoms with van der Waals surface area (Å²) in [5.41, 5.74) is 7.94. The van der Waals surface area contributed by atoms with Gasteiger partial charge in [0.05, 0.1) is 12.5 Å². The third kappa shape index (κ3) is 4.52. The van der Waals surface area contributed by atoms with Crippen LogP contribution in [0.2, 0.25) is 0 Å². The molecule has 2 N–H and O–H groups in total. The molecule has 0 aromatic heterocycles. The van der Waals surface area contributed by atoms with Crippen molar-refractivity contribution in [3.05, 3.63) is 23.8 Å². The lowest BCUT2D eigenvalue weighted by Gasteiger charge is -2.37. The van der Waals surface area contributed by atoms with Gasteiger partial charge < -0.3 is 20.3 Å². The number of rotatable bonds is 2. The summed E-state index contributed by atoms with van der Waals surface area (Å²) in [5, 5.41) is 8.98. The van der Waals surface area contributed by atoms with Crippen LogP contribution < -0.4 is 10.6 Å². The predicted octanol–water partition coefficient (Wildman–Crippen LogP) is 2.39. The lowest BCUT2D eigenvalue weighted by atomic mass is 10.1. The molecule has 1 aromatic carbocycles. The van der Waals surface area contributed by atoms with Crippen LogP contribution in [0.1, 0.15) is 26.3 Å². The van der Waals surface area contributed by atoms with Crippen LogP contribution in [0.4, 0.5) is 16.2 Å². The van der Waals surface area contributed by atoms with Gasteiger partial charge in [-0.1, -0.05) is 0 Å². The molecule has 6 nitrogen and oxygen atoms in total. The van der Waals surface area contributed by atoms with E-state index < -0.39 is 5.60 Å². The number of anilines is 2. The van der Waals surface area contributed by atoms with Crippen molar-refractivity contribution in [3.8, 4) is 6.07 Å². The van der Waals surface area contributed by atoms with Crippen molar-refractivity contribution in [3.63, 3.8) is 0 Å². The second-order valence-corrected chi connectivity index (χ2v) is 6.68. The summed E-state index contributed by atoms with van der Waals surface area (Å²) < 4.78 is 5.41. The number of hydrogen-bond acceptors (Lipinski definition) is 5. The van der Waals surface area contributed by atoms with Gasteiger partial charge in [-0.25, -0.2) is 4.79 Å². The molecular formula is C17H24N4O2. The largest absolute Gasteiger partial charge is 0.444 e. The molecule has 0 radical (unpaired) electrons. The fraction of sp³-hybridized carbons (Fsp3) is 0.529. The minimum absolute atomic E-state index is 0.272. The molecule has 1 saturated heterocycles. The lowest BCUT2D eigenvalue weighted by Crippen LogP contribution is -2.50. The Kier molecular flexibility index (Phi) is 4.99. The highest BCUT2D eigenvalue weighted by Gasteiger charge is 2.26. The molecule has 0 spiro atoms. The number of amides is 1. The van der Waals surface area contributed by atoms with E-state index in [1.54, 1.807) is 4.90 Å². The quantitative estimate of drug-likeness (QED) is 0.847. The van der Waals surface area contributed by atoms with Gasteiger partial charge in [-0.3, -0.25) is 0 Å². The average molecular weight is 316 g/mol. The number of ether oxygens (including phenoxy) is 1. The molecule has 1 aliphatic heterocycles. The molecule has 1 fully saturated rings. The number of nitrogen functional groups attached to an aromatic ring is 1. The van der Waals surface area contributed by atoms with Gasteiger partial charge >= 0.3 is 6.09 Å². The van der Waals surface area contributed by atoms with Crippen molar-refractivity contribution < 1.29 is 9.53 Å². The fourth-order valence-electron chi connectivity index (χ4n) is 2.60. The molecule has 1 aromatic rings. The van der Waals surface area contributed by atoms with Crippen LogP contribution in [0, 0.1) is 11.3 Å². The molecule has 0 bridgehead atoms. The molecule has 1 aliphatic rings. The Morgan fingerprint density at radius 1 is 1.30 bits per heavy atom. The van der Waals surface area contributed by atoms with Gasteiger partial charge in [-0.2, -0.15) is 5.26 Å². The maximum absolute atomic E-state index is 12.1. The fourth-order valence-corrected chi connectivity index (χ4v) is 2.60. The third-order valence-electron chi connectivity index (χ3n) is 3.65. The van der Waals surface area contributed by atoms with Gasteiger partial charge in [0.2, 0.25) is 0 Å². The van der Waals surface area contributed by atoms with E-state index >= 15 is 0 Å². The van der Waals surface area contributed by atoms with Gasteiger partial charge in [-0.15, -0.1) is 0 Å². The molecule has 0 atom stereocenters. The van der Waals surface area contributed by atoms with Gasteiger partial charge in [0.25, 0.3) is 0 Å². The lowest BCUT2D eigenvalue weighted by molar-refractivity contribution is 0.0240. The molecule has 1 amide bonds. The van der Waals surface area contributed by atoms with Crippen LogP contribution in [0.3, 0.4) is 0 Å². The van der Waals surface area contributed by atoms with Crippen molar-refractivity contribution in [2.45, 2.75) is 32.8 Å². The maximum Gasteiger partial charge on any atom is 0.410 e. The molecule has 124 valence electrons. The van der Waals surface area contributed by atoms with Crippen molar-refractivity contribution in [2.75, 3.05) is 36.8 Å². The Morgan fingerprint density at radius 3 is 2.52 bits per heavy atom. The van der Waals surface area contributed by atoms with Crippen LogP contribution in [-0.2, 0) is 11.2 Å². The monoisotopic (exact) mass is 316 g/mol. The Bertz CT molecular complexity index is 608. The normalized spacial score (nSPS) is 15.2. The second-order valence-electron chi connectivity index (χ2n) is 6.68. The molecular weight excluding hydrogens is 292 g/mol. The highest BCUT2D eigenvalue weighted by Crippen LogP contribution is 2.25. The third-order valence-corrected chi connectivity index (χ3v) is 3.65. The zero-order valence-electron chi connectivity index (χ0n) is 14.0.